The summed E-state index contributed by atoms with van der Waals surface area (Å²) >= 11 is 0. The summed E-state index contributed by atoms with van der Waals surface area (Å²) in [6.45, 7) is 7.18. The van der Waals surface area contributed by atoms with Crippen LogP contribution in [0.25, 0.3) is 5.57 Å². The molecule has 41 heavy (non-hydrogen) atoms. The molecule has 3 heterocycles. The van der Waals surface area contributed by atoms with Gasteiger partial charge in [0.1, 0.15) is 5.75 Å². The first-order valence-electron chi connectivity index (χ1n) is 12.4. The third-order valence-electron chi connectivity index (χ3n) is 5.82. The number of pyridine rings is 1. The van der Waals surface area contributed by atoms with Gasteiger partial charge in [-0.3, -0.25) is 4.98 Å². The van der Waals surface area contributed by atoms with E-state index in [0.717, 1.165) is 18.3 Å². The Morgan fingerprint density at radius 1 is 1.12 bits per heavy atom. The number of halogens is 4. The van der Waals surface area contributed by atoms with Gasteiger partial charge in [-0.05, 0) is 54.5 Å². The number of allylic oxidation sites excluding steroid dienone is 4. The summed E-state index contributed by atoms with van der Waals surface area (Å²) in [6, 6.07) is 9.16. The van der Waals surface area contributed by atoms with Gasteiger partial charge in [-0.2, -0.15) is 23.3 Å². The Hall–Kier alpha value is -4.78. The van der Waals surface area contributed by atoms with E-state index in [2.05, 4.69) is 37.4 Å². The van der Waals surface area contributed by atoms with Crippen LogP contribution in [0.15, 0.2) is 83.9 Å². The molecule has 0 unspecified atom stereocenters. The zero-order chi connectivity index (χ0) is 29.4. The first-order chi connectivity index (χ1) is 19.6. The minimum atomic E-state index is -4.63. The number of phenols is 1. The van der Waals surface area contributed by atoms with Gasteiger partial charge in [-0.1, -0.05) is 18.7 Å². The monoisotopic (exact) mass is 569 g/mol. The SMILES string of the molecule is C=C(/C=C(\C=C(/C)c1cccc(O)c1)C(F)(F)F)Nc1ccc(/C=N/Nc2ncc(F)c(N3CCOCC3)n2)nc1. The molecule has 2 aromatic heterocycles. The molecular formula is C28H27F4N7O2. The summed E-state index contributed by atoms with van der Waals surface area (Å²) in [7, 11) is 0. The largest absolute Gasteiger partial charge is 0.508 e. The molecule has 3 N–H and O–H groups in total. The van der Waals surface area contributed by atoms with Crippen LogP contribution in [0, 0.1) is 5.82 Å². The molecule has 1 saturated heterocycles. The van der Waals surface area contributed by atoms with Gasteiger partial charge in [0.25, 0.3) is 0 Å². The van der Waals surface area contributed by atoms with E-state index in [1.165, 1.54) is 31.5 Å². The number of aromatic hydroxyl groups is 1. The predicted molar refractivity (Wildman–Crippen MR) is 149 cm³/mol. The molecule has 0 bridgehead atoms. The van der Waals surface area contributed by atoms with Crippen LogP contribution in [0.2, 0.25) is 0 Å². The van der Waals surface area contributed by atoms with Crippen LogP contribution in [0.4, 0.5) is 35.0 Å². The maximum absolute atomic E-state index is 14.2. The third-order valence-corrected chi connectivity index (χ3v) is 5.82. The van der Waals surface area contributed by atoms with Crippen molar-refractivity contribution in [2.24, 2.45) is 5.10 Å². The van der Waals surface area contributed by atoms with Crippen molar-refractivity contribution in [2.75, 3.05) is 41.9 Å². The Morgan fingerprint density at radius 2 is 1.90 bits per heavy atom. The third kappa shape index (κ3) is 8.35. The molecule has 1 aliphatic heterocycles. The van der Waals surface area contributed by atoms with Crippen molar-refractivity contribution in [1.29, 1.82) is 0 Å². The highest BCUT2D eigenvalue weighted by molar-refractivity contribution is 5.78. The second-order valence-electron chi connectivity index (χ2n) is 8.93. The molecule has 13 heteroatoms. The Morgan fingerprint density at radius 3 is 2.59 bits per heavy atom. The minimum Gasteiger partial charge on any atom is -0.508 e. The lowest BCUT2D eigenvalue weighted by atomic mass is 10.0. The van der Waals surface area contributed by atoms with Gasteiger partial charge in [0.15, 0.2) is 11.6 Å². The van der Waals surface area contributed by atoms with Crippen LogP contribution in [0.1, 0.15) is 18.2 Å². The van der Waals surface area contributed by atoms with Crippen molar-refractivity contribution in [3.8, 4) is 5.75 Å². The molecule has 1 fully saturated rings. The van der Waals surface area contributed by atoms with Gasteiger partial charge in [0.2, 0.25) is 5.95 Å². The second kappa shape index (κ2) is 13.0. The smallest absolute Gasteiger partial charge is 0.416 e. The van der Waals surface area contributed by atoms with Crippen LogP contribution in [-0.4, -0.2) is 58.8 Å². The molecule has 0 radical (unpaired) electrons. The van der Waals surface area contributed by atoms with Gasteiger partial charge in [0, 0.05) is 18.8 Å². The normalized spacial score (nSPS) is 14.8. The van der Waals surface area contributed by atoms with Gasteiger partial charge in [0.05, 0.1) is 48.8 Å². The summed E-state index contributed by atoms with van der Waals surface area (Å²) in [6.07, 6.45) is 1.10. The van der Waals surface area contributed by atoms with Crippen molar-refractivity contribution in [2.45, 2.75) is 13.1 Å². The summed E-state index contributed by atoms with van der Waals surface area (Å²) in [5.74, 6) is -0.341. The standard InChI is InChI=1S/C28H27F4N7O2/c1-18(20-4-3-5-24(40)14-20)12-21(28(30,31)32)13-19(2)36-23-7-6-22(33-15-23)16-35-38-27-34-17-25(29)26(37-27)39-8-10-41-11-9-39/h3-7,12-17,36,40H,2,8-11H2,1H3,(H,34,37,38)/b18-12+,21-13+,35-16+. The Kier molecular flexibility index (Phi) is 9.30. The number of ether oxygens (including phenoxy) is 1. The number of phenolic OH excluding ortho intramolecular Hbond substituents is 1. The van der Waals surface area contributed by atoms with Crippen LogP contribution >= 0.6 is 0 Å². The number of hydrogen-bond acceptors (Lipinski definition) is 9. The predicted octanol–water partition coefficient (Wildman–Crippen LogP) is 5.52. The number of hydrogen-bond donors (Lipinski definition) is 3. The number of nitrogens with zero attached hydrogens (tertiary/aromatic N) is 5. The van der Waals surface area contributed by atoms with E-state index in [-0.39, 0.29) is 23.2 Å². The van der Waals surface area contributed by atoms with Crippen LogP contribution in [0.3, 0.4) is 0 Å². The number of alkyl halides is 3. The number of nitrogens with one attached hydrogen (secondary N) is 2. The zero-order valence-corrected chi connectivity index (χ0v) is 22.0. The summed E-state index contributed by atoms with van der Waals surface area (Å²) in [5.41, 5.74) is 3.32. The second-order valence-corrected chi connectivity index (χ2v) is 8.93. The van der Waals surface area contributed by atoms with Crippen LogP contribution in [0.5, 0.6) is 5.75 Å². The molecule has 0 amide bonds. The molecular weight excluding hydrogens is 542 g/mol. The average Bonchev–Trinajstić information content (AvgIpc) is 2.94. The number of hydrazone groups is 1. The Labute approximate surface area is 233 Å². The van der Waals surface area contributed by atoms with Gasteiger partial charge >= 0.3 is 6.18 Å². The summed E-state index contributed by atoms with van der Waals surface area (Å²) < 4.78 is 60.6. The highest BCUT2D eigenvalue weighted by Gasteiger charge is 2.32. The molecule has 4 rings (SSSR count). The number of anilines is 3. The molecule has 214 valence electrons. The first kappa shape index (κ1) is 29.2. The topological polar surface area (TPSA) is 108 Å². The molecule has 9 nitrogen and oxygen atoms in total. The van der Waals surface area contributed by atoms with E-state index in [0.29, 0.717) is 48.8 Å². The van der Waals surface area contributed by atoms with Gasteiger partial charge < -0.3 is 20.1 Å². The molecule has 0 saturated carbocycles. The lowest BCUT2D eigenvalue weighted by Crippen LogP contribution is -2.37. The highest BCUT2D eigenvalue weighted by atomic mass is 19.4. The fourth-order valence-corrected chi connectivity index (χ4v) is 3.80. The lowest BCUT2D eigenvalue weighted by Gasteiger charge is -2.27. The van der Waals surface area contributed by atoms with E-state index in [4.69, 9.17) is 4.74 Å². The minimum absolute atomic E-state index is 0.00769. The maximum Gasteiger partial charge on any atom is 0.416 e. The van der Waals surface area contributed by atoms with Crippen molar-refractivity contribution in [1.82, 2.24) is 15.0 Å². The number of aromatic nitrogens is 3. The van der Waals surface area contributed by atoms with E-state index in [1.54, 1.807) is 29.2 Å². The summed E-state index contributed by atoms with van der Waals surface area (Å²) in [4.78, 5) is 14.0. The van der Waals surface area contributed by atoms with Crippen molar-refractivity contribution < 1.29 is 27.4 Å². The molecule has 3 aromatic rings. The van der Waals surface area contributed by atoms with E-state index < -0.39 is 17.6 Å². The van der Waals surface area contributed by atoms with Crippen molar-refractivity contribution >= 4 is 29.2 Å². The summed E-state index contributed by atoms with van der Waals surface area (Å²) in [5, 5.41) is 16.4. The van der Waals surface area contributed by atoms with Gasteiger partial charge in [-0.15, -0.1) is 0 Å². The molecule has 0 atom stereocenters. The van der Waals surface area contributed by atoms with Crippen LogP contribution < -0.4 is 15.6 Å². The van der Waals surface area contributed by atoms with E-state index >= 15 is 0 Å². The van der Waals surface area contributed by atoms with E-state index in [1.807, 2.05) is 0 Å². The fourth-order valence-electron chi connectivity index (χ4n) is 3.80. The average molecular weight is 570 g/mol. The molecule has 0 aliphatic carbocycles. The quantitative estimate of drug-likeness (QED) is 0.134. The Bertz CT molecular complexity index is 1470. The zero-order valence-electron chi connectivity index (χ0n) is 22.0. The molecule has 1 aromatic carbocycles. The lowest BCUT2D eigenvalue weighted by molar-refractivity contribution is -0.0881. The Balaban J connectivity index is 1.38. The first-order valence-corrected chi connectivity index (χ1v) is 12.4. The van der Waals surface area contributed by atoms with E-state index in [9.17, 15) is 22.7 Å². The molecule has 1 aliphatic rings. The fraction of sp³-hybridized carbons (Fsp3) is 0.214. The number of rotatable bonds is 9. The molecule has 0 spiro atoms. The number of morpholine rings is 1. The highest BCUT2D eigenvalue weighted by Crippen LogP contribution is 2.31. The van der Waals surface area contributed by atoms with Gasteiger partial charge in [-0.25, -0.2) is 14.8 Å². The van der Waals surface area contributed by atoms with Crippen molar-refractivity contribution in [3.63, 3.8) is 0 Å². The number of benzene rings is 1. The maximum atomic E-state index is 14.2. The van der Waals surface area contributed by atoms with Crippen LogP contribution in [-0.2, 0) is 4.74 Å². The van der Waals surface area contributed by atoms with Crippen molar-refractivity contribution in [3.05, 3.63) is 95.9 Å².